The fourth-order valence-electron chi connectivity index (χ4n) is 9.00. The van der Waals surface area contributed by atoms with Crippen molar-refractivity contribution in [1.82, 2.24) is 4.98 Å². The summed E-state index contributed by atoms with van der Waals surface area (Å²) in [6.07, 6.45) is 0.698. The Balaban J connectivity index is 1.09. The number of rotatable bonds is 25. The van der Waals surface area contributed by atoms with E-state index in [2.05, 4.69) is 17.2 Å². The molecule has 0 radical (unpaired) electrons. The first-order chi connectivity index (χ1) is 39.5. The van der Waals surface area contributed by atoms with Crippen LogP contribution in [0.3, 0.4) is 0 Å². The maximum Gasteiger partial charge on any atom is 0.338 e. The largest absolute Gasteiger partial charge is 0.493 e. The minimum absolute atomic E-state index is 0.0298. The van der Waals surface area contributed by atoms with Gasteiger partial charge in [0.05, 0.1) is 55.2 Å². The summed E-state index contributed by atoms with van der Waals surface area (Å²) >= 11 is 0. The fraction of sp³-hybridized carbons (Fsp3) is 0.270. The first kappa shape index (κ1) is 57.9. The molecule has 0 bridgehead atoms. The van der Waals surface area contributed by atoms with E-state index in [1.54, 1.807) is 103 Å². The van der Waals surface area contributed by atoms with Gasteiger partial charge in [-0.05, 0) is 90.9 Å². The van der Waals surface area contributed by atoms with Gasteiger partial charge in [-0.3, -0.25) is 9.59 Å². The number of aliphatic hydroxyl groups is 1. The van der Waals surface area contributed by atoms with E-state index >= 15 is 0 Å². The van der Waals surface area contributed by atoms with E-state index in [0.29, 0.717) is 34.3 Å². The predicted octanol–water partition coefficient (Wildman–Crippen LogP) is 10.1. The van der Waals surface area contributed by atoms with Crippen LogP contribution in [0.5, 0.6) is 23.0 Å². The number of carbonyl (C=O) groups excluding carboxylic acids is 5. The third-order valence-corrected chi connectivity index (χ3v) is 13.1. The lowest BCUT2D eigenvalue weighted by molar-refractivity contribution is -0.275. The minimum Gasteiger partial charge on any atom is -0.493 e. The molecule has 420 valence electrons. The Morgan fingerprint density at radius 3 is 1.68 bits per heavy atom. The Labute approximate surface area is 467 Å². The van der Waals surface area contributed by atoms with Crippen molar-refractivity contribution in [2.45, 2.75) is 82.8 Å². The van der Waals surface area contributed by atoms with Crippen LogP contribution in [0.2, 0.25) is 0 Å². The molecule has 7 aromatic rings. The molecule has 8 rings (SSSR count). The van der Waals surface area contributed by atoms with Crippen molar-refractivity contribution in [3.8, 4) is 23.0 Å². The highest BCUT2D eigenvalue weighted by atomic mass is 16.7. The Morgan fingerprint density at radius 1 is 0.617 bits per heavy atom. The van der Waals surface area contributed by atoms with Gasteiger partial charge in [0, 0.05) is 22.7 Å². The smallest absolute Gasteiger partial charge is 0.338 e. The van der Waals surface area contributed by atoms with Gasteiger partial charge >= 0.3 is 23.9 Å². The first-order valence-corrected chi connectivity index (χ1v) is 26.5. The number of pyridine rings is 1. The number of unbranched alkanes of at least 4 members (excludes halogenated alkanes) is 5. The van der Waals surface area contributed by atoms with E-state index in [-0.39, 0.29) is 45.3 Å². The second-order valence-electron chi connectivity index (χ2n) is 18.7. The maximum atomic E-state index is 14.2. The Kier molecular flexibility index (Phi) is 20.4. The summed E-state index contributed by atoms with van der Waals surface area (Å²) in [5.74, 6) is -3.97. The van der Waals surface area contributed by atoms with Crippen molar-refractivity contribution in [2.24, 2.45) is 0 Å². The summed E-state index contributed by atoms with van der Waals surface area (Å²) in [5.41, 5.74) is 1.47. The second kappa shape index (κ2) is 28.6. The molecule has 5 atom stereocenters. The van der Waals surface area contributed by atoms with Gasteiger partial charge in [0.25, 0.3) is 5.56 Å². The molecule has 0 saturated carbocycles. The highest BCUT2D eigenvalue weighted by Crippen LogP contribution is 2.42. The highest BCUT2D eigenvalue weighted by molar-refractivity contribution is 6.03. The van der Waals surface area contributed by atoms with Crippen molar-refractivity contribution < 1.29 is 71.7 Å². The third kappa shape index (κ3) is 15.1. The lowest BCUT2D eigenvalue weighted by atomic mass is 9.97. The van der Waals surface area contributed by atoms with Crippen LogP contribution in [0.4, 0.5) is 5.69 Å². The zero-order chi connectivity index (χ0) is 57.1. The molecule has 1 aliphatic heterocycles. The third-order valence-electron chi connectivity index (χ3n) is 13.1. The van der Waals surface area contributed by atoms with E-state index in [0.717, 1.165) is 32.1 Å². The molecule has 18 nitrogen and oxygen atoms in total. The van der Waals surface area contributed by atoms with Crippen molar-refractivity contribution in [2.75, 3.05) is 32.8 Å². The number of benzene rings is 6. The van der Waals surface area contributed by atoms with Crippen LogP contribution >= 0.6 is 0 Å². The summed E-state index contributed by atoms with van der Waals surface area (Å²) in [6.45, 7) is 1.46. The lowest BCUT2D eigenvalue weighted by Crippen LogP contribution is -2.64. The number of amides is 1. The number of H-pyrrole nitrogens is 1. The van der Waals surface area contributed by atoms with Crippen molar-refractivity contribution in [1.29, 1.82) is 0 Å². The molecule has 1 amide bonds. The van der Waals surface area contributed by atoms with E-state index in [4.69, 9.17) is 42.6 Å². The number of hydrogen-bond acceptors (Lipinski definition) is 16. The van der Waals surface area contributed by atoms with Gasteiger partial charge in [-0.2, -0.15) is 0 Å². The molecule has 1 fully saturated rings. The molecule has 18 heteroatoms. The number of ether oxygens (including phenoxy) is 9. The number of esters is 4. The second-order valence-corrected chi connectivity index (χ2v) is 18.7. The summed E-state index contributed by atoms with van der Waals surface area (Å²) in [4.78, 5) is 85.3. The summed E-state index contributed by atoms with van der Waals surface area (Å²) in [5, 5.41) is 13.7. The number of fused-ring (bicyclic) bond motifs is 1. The van der Waals surface area contributed by atoms with Crippen LogP contribution in [0.25, 0.3) is 17.0 Å². The number of aliphatic hydroxyl groups excluding tert-OH is 1. The molecule has 2 heterocycles. The quantitative estimate of drug-likeness (QED) is 0.0209. The number of nitrogens with one attached hydrogen (secondary N) is 2. The zero-order valence-corrected chi connectivity index (χ0v) is 44.9. The number of anilines is 1. The van der Waals surface area contributed by atoms with Gasteiger partial charge < -0.3 is 58.0 Å². The monoisotopic (exact) mass is 1100 g/mol. The Hall–Kier alpha value is -9.26. The SMILES string of the molecule is CCCCCCCCOc1c(CO)c2ccc(NC(=O)C=Cc3cc(OC)c(O[C@@H]4O[C@H](COC(=O)c5ccccc5)[C@@H](OC(=O)c5ccccc5)[C@H](OC(=O)c5ccccc5)[C@H]4OC(=O)c4ccccc4)c(OC)c3)cc2[nH]c1=O. The van der Waals surface area contributed by atoms with Crippen LogP contribution in [-0.4, -0.2) is 98.0 Å². The zero-order valence-electron chi connectivity index (χ0n) is 44.9. The minimum atomic E-state index is -1.76. The first-order valence-electron chi connectivity index (χ1n) is 26.5. The van der Waals surface area contributed by atoms with E-state index < -0.39 is 79.3 Å². The lowest BCUT2D eigenvalue weighted by Gasteiger charge is -2.44. The van der Waals surface area contributed by atoms with Gasteiger partial charge in [0.2, 0.25) is 24.1 Å². The normalized spacial score (nSPS) is 16.7. The topological polar surface area (TPSA) is 234 Å². The van der Waals surface area contributed by atoms with Crippen molar-refractivity contribution in [3.05, 3.63) is 201 Å². The van der Waals surface area contributed by atoms with Crippen LogP contribution in [-0.2, 0) is 35.1 Å². The number of aromatic nitrogens is 1. The fourth-order valence-corrected chi connectivity index (χ4v) is 9.00. The summed E-state index contributed by atoms with van der Waals surface area (Å²) in [7, 11) is 2.70. The molecule has 1 aromatic heterocycles. The van der Waals surface area contributed by atoms with Crippen LogP contribution in [0.15, 0.2) is 163 Å². The van der Waals surface area contributed by atoms with Gasteiger partial charge in [0.15, 0.2) is 29.5 Å². The number of aromatic amines is 1. The molecular formula is C63H62N2O16. The van der Waals surface area contributed by atoms with Crippen LogP contribution in [0.1, 0.15) is 98.0 Å². The van der Waals surface area contributed by atoms with Gasteiger partial charge in [-0.1, -0.05) is 118 Å². The average Bonchev–Trinajstić information content (AvgIpc) is 3.70. The van der Waals surface area contributed by atoms with Gasteiger partial charge in [0.1, 0.15) is 12.7 Å². The predicted molar refractivity (Wildman–Crippen MR) is 300 cm³/mol. The maximum absolute atomic E-state index is 14.2. The van der Waals surface area contributed by atoms with Crippen LogP contribution in [0, 0.1) is 0 Å². The van der Waals surface area contributed by atoms with E-state index in [9.17, 15) is 33.9 Å². The summed E-state index contributed by atoms with van der Waals surface area (Å²) in [6, 6.07) is 39.9. The highest BCUT2D eigenvalue weighted by Gasteiger charge is 2.54. The molecule has 0 aliphatic carbocycles. The number of hydrogen-bond donors (Lipinski definition) is 3. The molecule has 81 heavy (non-hydrogen) atoms. The van der Waals surface area contributed by atoms with Gasteiger partial charge in [-0.15, -0.1) is 0 Å². The number of carbonyl (C=O) groups is 5. The molecule has 0 unspecified atom stereocenters. The molecule has 1 aliphatic rings. The number of methoxy groups -OCH3 is 2. The average molecular weight is 1100 g/mol. The Bertz CT molecular complexity index is 3330. The molecule has 3 N–H and O–H groups in total. The molecule has 6 aromatic carbocycles. The Morgan fingerprint density at radius 2 is 1.14 bits per heavy atom. The van der Waals surface area contributed by atoms with Crippen molar-refractivity contribution in [3.63, 3.8) is 0 Å². The molecular weight excluding hydrogens is 1040 g/mol. The standard InChI is InChI=1S/C63H62N2O16/c1-4-5-6-7-8-21-34-75-53-47(38-66)46-32-31-45(37-48(46)65-58(53)68)64-52(67)33-30-40-35-49(73-2)54(50(36-40)74-3)81-63-57(80-62(72)44-28-19-12-20-29-44)56(79-61(71)43-26-17-11-18-27-43)55(78-60(70)42-24-15-10-16-25-42)51(77-63)39-76-59(69)41-22-13-9-14-23-41/h9-20,22-33,35-37,51,55-57,63,66H,4-8,21,34,38-39H2,1-3H3,(H,64,67)(H,65,68)/t51-,55-,56+,57-,63+/m1/s1. The van der Waals surface area contributed by atoms with Crippen LogP contribution < -0.4 is 29.8 Å². The molecule has 0 spiro atoms. The summed E-state index contributed by atoms with van der Waals surface area (Å²) < 4.78 is 55.1. The van der Waals surface area contributed by atoms with E-state index in [1.807, 2.05) is 0 Å². The van der Waals surface area contributed by atoms with Crippen molar-refractivity contribution >= 4 is 52.5 Å². The molecule has 1 saturated heterocycles. The van der Waals surface area contributed by atoms with E-state index in [1.165, 1.54) is 81.3 Å². The van der Waals surface area contributed by atoms with Gasteiger partial charge in [-0.25, -0.2) is 19.2 Å².